The number of hydrogen-bond donors (Lipinski definition) is 1. The number of rotatable bonds is 1. The van der Waals surface area contributed by atoms with E-state index in [0.29, 0.717) is 6.42 Å². The lowest BCUT2D eigenvalue weighted by molar-refractivity contribution is -0.212. The maximum absolute atomic E-state index is 16.8. The Morgan fingerprint density at radius 1 is 1.28 bits per heavy atom. The van der Waals surface area contributed by atoms with Crippen LogP contribution in [-0.4, -0.2) is 40.9 Å². The predicted molar refractivity (Wildman–Crippen MR) is 98.8 cm³/mol. The number of ketones is 1. The van der Waals surface area contributed by atoms with E-state index in [9.17, 15) is 19.1 Å². The van der Waals surface area contributed by atoms with Gasteiger partial charge in [0.25, 0.3) is 0 Å². The highest BCUT2D eigenvalue weighted by Gasteiger charge is 2.73. The first-order chi connectivity index (χ1) is 13.4. The summed E-state index contributed by atoms with van der Waals surface area (Å²) in [6.45, 7) is 6.45. The summed E-state index contributed by atoms with van der Waals surface area (Å²) in [5, 5.41) is 11.1. The number of carbonyl (C=O) groups excluding carboxylic acids is 2. The number of allylic oxidation sites excluding steroid dienone is 4. The van der Waals surface area contributed by atoms with Crippen LogP contribution in [0, 0.1) is 28.6 Å². The van der Waals surface area contributed by atoms with E-state index in [1.54, 1.807) is 0 Å². The van der Waals surface area contributed by atoms with Crippen molar-refractivity contribution in [1.82, 2.24) is 0 Å². The second-order valence-electron chi connectivity index (χ2n) is 9.78. The summed E-state index contributed by atoms with van der Waals surface area (Å²) in [6.07, 6.45) is -1.47. The number of hydrogen-bond acceptors (Lipinski definition) is 4. The van der Waals surface area contributed by atoms with Crippen molar-refractivity contribution in [2.45, 2.75) is 71.0 Å². The molecule has 0 bridgehead atoms. The molecule has 4 aliphatic rings. The lowest BCUT2D eigenvalue weighted by Crippen LogP contribution is -2.68. The van der Waals surface area contributed by atoms with E-state index in [4.69, 9.17) is 4.74 Å². The fourth-order valence-corrected chi connectivity index (χ4v) is 7.05. The van der Waals surface area contributed by atoms with E-state index in [2.05, 4.69) is 0 Å². The van der Waals surface area contributed by atoms with Gasteiger partial charge in [0.2, 0.25) is 5.78 Å². The average Bonchev–Trinajstić information content (AvgIpc) is 2.85. The van der Waals surface area contributed by atoms with Crippen molar-refractivity contribution < 1.29 is 32.6 Å². The highest BCUT2D eigenvalue weighted by molar-refractivity contribution is 6.04. The van der Waals surface area contributed by atoms with Crippen LogP contribution in [0.3, 0.4) is 0 Å². The molecule has 0 heterocycles. The van der Waals surface area contributed by atoms with E-state index >= 15 is 8.78 Å². The van der Waals surface area contributed by atoms with Gasteiger partial charge in [-0.3, -0.25) is 9.59 Å². The molecule has 4 aliphatic carbocycles. The Morgan fingerprint density at radius 3 is 2.55 bits per heavy atom. The van der Waals surface area contributed by atoms with Crippen molar-refractivity contribution in [2.75, 3.05) is 0 Å². The smallest absolute Gasteiger partial charge is 0.302 e. The van der Waals surface area contributed by atoms with Crippen molar-refractivity contribution >= 4 is 11.8 Å². The van der Waals surface area contributed by atoms with Crippen molar-refractivity contribution in [3.05, 3.63) is 23.6 Å². The molecule has 3 saturated carbocycles. The van der Waals surface area contributed by atoms with Crippen LogP contribution in [0.15, 0.2) is 23.6 Å². The molecule has 160 valence electrons. The predicted octanol–water partition coefficient (Wildman–Crippen LogP) is 3.78. The molecule has 0 radical (unpaired) electrons. The summed E-state index contributed by atoms with van der Waals surface area (Å²) in [6, 6.07) is 0. The number of fused-ring (bicyclic) bond motifs is 5. The Kier molecular flexibility index (Phi) is 4.40. The van der Waals surface area contributed by atoms with Gasteiger partial charge in [0.1, 0.15) is 12.3 Å². The molecule has 0 spiro atoms. The average molecular weight is 412 g/mol. The minimum absolute atomic E-state index is 0.0101. The SMILES string of the molecule is CC(=O)O[C@@H]1[C@@H](C)C[C@H]2[C@@H]3C[C@H](F)C4=C(F)C(=O)C=C[C@]4(C)[C@@]3(F)[C@@H](O)C[C@]12C. The molecule has 4 nitrogen and oxygen atoms in total. The monoisotopic (exact) mass is 412 g/mol. The molecular formula is C22H27F3O4. The van der Waals surface area contributed by atoms with Gasteiger partial charge in [-0.05, 0) is 44.1 Å². The van der Waals surface area contributed by atoms with E-state index < -0.39 is 63.9 Å². The lowest BCUT2D eigenvalue weighted by Gasteiger charge is -2.62. The third-order valence-electron chi connectivity index (χ3n) is 8.23. The van der Waals surface area contributed by atoms with Crippen LogP contribution in [-0.2, 0) is 14.3 Å². The van der Waals surface area contributed by atoms with Crippen LogP contribution in [0.25, 0.3) is 0 Å². The maximum Gasteiger partial charge on any atom is 0.302 e. The molecule has 0 amide bonds. The molecule has 0 aromatic carbocycles. The minimum Gasteiger partial charge on any atom is -0.462 e. The largest absolute Gasteiger partial charge is 0.462 e. The third kappa shape index (κ3) is 2.42. The van der Waals surface area contributed by atoms with Crippen molar-refractivity contribution in [3.63, 3.8) is 0 Å². The van der Waals surface area contributed by atoms with Gasteiger partial charge in [-0.2, -0.15) is 0 Å². The van der Waals surface area contributed by atoms with Crippen molar-refractivity contribution in [2.24, 2.45) is 28.6 Å². The molecule has 0 unspecified atom stereocenters. The van der Waals surface area contributed by atoms with E-state index in [-0.39, 0.29) is 24.7 Å². The van der Waals surface area contributed by atoms with E-state index in [0.717, 1.165) is 6.08 Å². The number of halogens is 3. The van der Waals surface area contributed by atoms with Gasteiger partial charge in [0.15, 0.2) is 11.5 Å². The second-order valence-corrected chi connectivity index (χ2v) is 9.78. The molecule has 4 rings (SSSR count). The fourth-order valence-electron chi connectivity index (χ4n) is 7.05. The second kappa shape index (κ2) is 6.19. The van der Waals surface area contributed by atoms with Gasteiger partial charge >= 0.3 is 5.97 Å². The van der Waals surface area contributed by atoms with Gasteiger partial charge < -0.3 is 9.84 Å². The number of ether oxygens (including phenoxy) is 1. The summed E-state index contributed by atoms with van der Waals surface area (Å²) < 4.78 is 52.2. The van der Waals surface area contributed by atoms with Crippen LogP contribution < -0.4 is 0 Å². The summed E-state index contributed by atoms with van der Waals surface area (Å²) in [5.74, 6) is -3.99. The summed E-state index contributed by atoms with van der Waals surface area (Å²) >= 11 is 0. The van der Waals surface area contributed by atoms with Gasteiger partial charge in [-0.25, -0.2) is 13.2 Å². The first-order valence-corrected chi connectivity index (χ1v) is 10.2. The summed E-state index contributed by atoms with van der Waals surface area (Å²) in [4.78, 5) is 23.4. The van der Waals surface area contributed by atoms with E-state index in [1.807, 2.05) is 13.8 Å². The lowest BCUT2D eigenvalue weighted by atomic mass is 9.45. The number of esters is 1. The standard InChI is InChI=1S/C22H27F3O4/c1-10-7-12-13-8-14(23)17-18(24)15(27)5-6-21(17,4)22(13,25)16(28)9-20(12,3)19(10)29-11(2)26/h5-6,10,12-14,16,19,28H,7-9H2,1-4H3/t10-,12-,13-,14-,16-,19+,20-,21-,22-/m0/s1. The number of aliphatic hydroxyl groups excluding tert-OH is 1. The zero-order valence-electron chi connectivity index (χ0n) is 17.0. The molecule has 29 heavy (non-hydrogen) atoms. The molecule has 9 atom stereocenters. The van der Waals surface area contributed by atoms with Gasteiger partial charge in [0, 0.05) is 29.2 Å². The third-order valence-corrected chi connectivity index (χ3v) is 8.23. The zero-order chi connectivity index (χ0) is 21.5. The van der Waals surface area contributed by atoms with Gasteiger partial charge in [-0.15, -0.1) is 0 Å². The molecule has 1 N–H and O–H groups in total. The molecule has 0 aliphatic heterocycles. The molecule has 0 aromatic rings. The van der Waals surface area contributed by atoms with Crippen LogP contribution in [0.2, 0.25) is 0 Å². The fraction of sp³-hybridized carbons (Fsp3) is 0.727. The molecule has 0 saturated heterocycles. The Bertz CT molecular complexity index is 838. The first-order valence-electron chi connectivity index (χ1n) is 10.2. The molecule has 3 fully saturated rings. The Labute approximate surface area is 168 Å². The Hall–Kier alpha value is -1.63. The van der Waals surface area contributed by atoms with Crippen molar-refractivity contribution in [3.8, 4) is 0 Å². The van der Waals surface area contributed by atoms with Crippen LogP contribution in [0.4, 0.5) is 13.2 Å². The Balaban J connectivity index is 1.84. The molecule has 7 heteroatoms. The summed E-state index contributed by atoms with van der Waals surface area (Å²) in [5.41, 5.74) is -5.28. The highest BCUT2D eigenvalue weighted by Crippen LogP contribution is 2.69. The van der Waals surface area contributed by atoms with Crippen LogP contribution in [0.1, 0.15) is 47.0 Å². The topological polar surface area (TPSA) is 63.6 Å². The van der Waals surface area contributed by atoms with Crippen LogP contribution in [0.5, 0.6) is 0 Å². The normalized spacial score (nSPS) is 51.4. The zero-order valence-corrected chi connectivity index (χ0v) is 17.0. The van der Waals surface area contributed by atoms with Gasteiger partial charge in [0.05, 0.1) is 6.10 Å². The number of aliphatic hydroxyl groups is 1. The summed E-state index contributed by atoms with van der Waals surface area (Å²) in [7, 11) is 0. The van der Waals surface area contributed by atoms with Crippen molar-refractivity contribution in [1.29, 1.82) is 0 Å². The Morgan fingerprint density at radius 2 is 1.93 bits per heavy atom. The maximum atomic E-state index is 16.8. The minimum atomic E-state index is -2.32. The van der Waals surface area contributed by atoms with Crippen LogP contribution >= 0.6 is 0 Å². The van der Waals surface area contributed by atoms with Gasteiger partial charge in [-0.1, -0.05) is 19.9 Å². The molecular weight excluding hydrogens is 385 g/mol. The van der Waals surface area contributed by atoms with E-state index in [1.165, 1.54) is 19.9 Å². The highest BCUT2D eigenvalue weighted by atomic mass is 19.2. The first kappa shape index (κ1) is 20.6. The number of carbonyl (C=O) groups is 2. The molecule has 0 aromatic heterocycles. The quantitative estimate of drug-likeness (QED) is 0.666. The number of alkyl halides is 2.